The van der Waals surface area contributed by atoms with Gasteiger partial charge in [-0.2, -0.15) is 0 Å². The first-order chi connectivity index (χ1) is 12.9. The van der Waals surface area contributed by atoms with Gasteiger partial charge in [-0.05, 0) is 42.8 Å². The fourth-order valence-corrected chi connectivity index (χ4v) is 4.78. The van der Waals surface area contributed by atoms with Crippen LogP contribution in [0.15, 0.2) is 46.9 Å². The second-order valence-electron chi connectivity index (χ2n) is 6.09. The molecule has 2 aromatic heterocycles. The second kappa shape index (κ2) is 8.24. The Bertz CT molecular complexity index is 842. The van der Waals surface area contributed by atoms with Crippen molar-refractivity contribution in [2.45, 2.75) is 30.5 Å². The third-order valence-electron chi connectivity index (χ3n) is 4.37. The summed E-state index contributed by atoms with van der Waals surface area (Å²) in [5, 5.41) is 11.9. The molecule has 0 saturated carbocycles. The third kappa shape index (κ3) is 3.65. The maximum Gasteiger partial charge on any atom is 0.196 e. The Labute approximate surface area is 161 Å². The Morgan fingerprint density at radius 2 is 2.15 bits per heavy atom. The van der Waals surface area contributed by atoms with Crippen LogP contribution in [0.1, 0.15) is 19.3 Å². The minimum Gasteiger partial charge on any atom is -0.495 e. The van der Waals surface area contributed by atoms with Crippen molar-refractivity contribution >= 4 is 23.1 Å². The summed E-state index contributed by atoms with van der Waals surface area (Å²) in [6.07, 6.45) is 3.82. The molecule has 26 heavy (non-hydrogen) atoms. The van der Waals surface area contributed by atoms with Crippen molar-refractivity contribution in [2.24, 2.45) is 0 Å². The maximum atomic E-state index is 5.87. The van der Waals surface area contributed by atoms with Gasteiger partial charge in [-0.3, -0.25) is 4.57 Å². The van der Waals surface area contributed by atoms with E-state index < -0.39 is 0 Å². The third-order valence-corrected chi connectivity index (χ3v) is 6.30. The zero-order valence-corrected chi connectivity index (χ0v) is 16.3. The van der Waals surface area contributed by atoms with Gasteiger partial charge in [0, 0.05) is 12.4 Å². The second-order valence-corrected chi connectivity index (χ2v) is 8.03. The molecule has 3 heterocycles. The normalized spacial score (nSPS) is 17.3. The van der Waals surface area contributed by atoms with E-state index in [-0.39, 0.29) is 0 Å². The standard InChI is InChI=1S/C19H21N3O2S2/c1-23-16-9-3-2-8-15(16)22-18(17-10-6-12-25-17)20-21-19(22)26-13-14-7-4-5-11-24-14/h2-3,6,8-10,12,14H,4-5,7,11,13H2,1H3. The van der Waals surface area contributed by atoms with Crippen LogP contribution < -0.4 is 4.74 Å². The van der Waals surface area contributed by atoms with E-state index in [9.17, 15) is 0 Å². The fraction of sp³-hybridized carbons (Fsp3) is 0.368. The summed E-state index contributed by atoms with van der Waals surface area (Å²) in [7, 11) is 1.69. The zero-order chi connectivity index (χ0) is 17.8. The Morgan fingerprint density at radius 3 is 2.92 bits per heavy atom. The van der Waals surface area contributed by atoms with Crippen LogP contribution in [-0.4, -0.2) is 40.3 Å². The van der Waals surface area contributed by atoms with Gasteiger partial charge < -0.3 is 9.47 Å². The van der Waals surface area contributed by atoms with Crippen molar-refractivity contribution in [3.63, 3.8) is 0 Å². The van der Waals surface area contributed by atoms with Crippen LogP contribution in [0.4, 0.5) is 0 Å². The molecule has 1 saturated heterocycles. The Morgan fingerprint density at radius 1 is 1.23 bits per heavy atom. The van der Waals surface area contributed by atoms with E-state index in [4.69, 9.17) is 9.47 Å². The number of aromatic nitrogens is 3. The van der Waals surface area contributed by atoms with Crippen LogP contribution in [0.3, 0.4) is 0 Å². The molecular formula is C19H21N3O2S2. The van der Waals surface area contributed by atoms with Crippen molar-refractivity contribution in [1.29, 1.82) is 0 Å². The quantitative estimate of drug-likeness (QED) is 0.576. The van der Waals surface area contributed by atoms with E-state index in [0.717, 1.165) is 46.1 Å². The Kier molecular flexibility index (Phi) is 5.57. The fourth-order valence-electron chi connectivity index (χ4n) is 3.07. The van der Waals surface area contributed by atoms with Gasteiger partial charge in [0.1, 0.15) is 5.75 Å². The van der Waals surface area contributed by atoms with Crippen LogP contribution in [0.25, 0.3) is 16.4 Å². The highest BCUT2D eigenvalue weighted by Gasteiger charge is 2.21. The number of rotatable bonds is 6. The summed E-state index contributed by atoms with van der Waals surface area (Å²) >= 11 is 3.36. The van der Waals surface area contributed by atoms with Gasteiger partial charge in [0.25, 0.3) is 0 Å². The lowest BCUT2D eigenvalue weighted by molar-refractivity contribution is 0.0315. The molecule has 0 aliphatic carbocycles. The minimum absolute atomic E-state index is 0.293. The molecule has 136 valence electrons. The molecule has 0 bridgehead atoms. The number of thiophene rings is 1. The summed E-state index contributed by atoms with van der Waals surface area (Å²) < 4.78 is 13.5. The average Bonchev–Trinajstić information content (AvgIpc) is 3.36. The van der Waals surface area contributed by atoms with Gasteiger partial charge >= 0.3 is 0 Å². The van der Waals surface area contributed by atoms with Crippen molar-refractivity contribution < 1.29 is 9.47 Å². The largest absolute Gasteiger partial charge is 0.495 e. The SMILES string of the molecule is COc1ccccc1-n1c(SCC2CCCCO2)nnc1-c1cccs1. The highest BCUT2D eigenvalue weighted by atomic mass is 32.2. The van der Waals surface area contributed by atoms with E-state index in [1.54, 1.807) is 30.2 Å². The number of ether oxygens (including phenoxy) is 2. The lowest BCUT2D eigenvalue weighted by atomic mass is 10.1. The highest BCUT2D eigenvalue weighted by Crippen LogP contribution is 2.34. The molecule has 1 unspecified atom stereocenters. The van der Waals surface area contributed by atoms with E-state index in [1.807, 2.05) is 30.3 Å². The van der Waals surface area contributed by atoms with Crippen LogP contribution in [0, 0.1) is 0 Å². The molecule has 0 radical (unpaired) electrons. The monoisotopic (exact) mass is 387 g/mol. The lowest BCUT2D eigenvalue weighted by Crippen LogP contribution is -2.21. The number of hydrogen-bond donors (Lipinski definition) is 0. The number of benzene rings is 1. The number of thioether (sulfide) groups is 1. The highest BCUT2D eigenvalue weighted by molar-refractivity contribution is 7.99. The van der Waals surface area contributed by atoms with E-state index >= 15 is 0 Å². The molecule has 1 fully saturated rings. The first-order valence-electron chi connectivity index (χ1n) is 8.74. The van der Waals surface area contributed by atoms with Crippen molar-refractivity contribution in [1.82, 2.24) is 14.8 Å². The number of hydrogen-bond acceptors (Lipinski definition) is 6. The zero-order valence-electron chi connectivity index (χ0n) is 14.6. The molecular weight excluding hydrogens is 366 g/mol. The molecule has 3 aromatic rings. The summed E-state index contributed by atoms with van der Waals surface area (Å²) in [4.78, 5) is 1.09. The van der Waals surface area contributed by atoms with E-state index in [1.165, 1.54) is 12.8 Å². The maximum absolute atomic E-state index is 5.87. The van der Waals surface area contributed by atoms with Crippen LogP contribution in [0.5, 0.6) is 5.75 Å². The Hall–Kier alpha value is -1.83. The van der Waals surface area contributed by atoms with Crippen LogP contribution >= 0.6 is 23.1 Å². The number of para-hydroxylation sites is 2. The molecule has 0 N–H and O–H groups in total. The van der Waals surface area contributed by atoms with E-state index in [0.29, 0.717) is 6.10 Å². The average molecular weight is 388 g/mol. The molecule has 1 aliphatic heterocycles. The summed E-state index contributed by atoms with van der Waals surface area (Å²) in [5.74, 6) is 2.54. The van der Waals surface area contributed by atoms with Gasteiger partial charge in [0.15, 0.2) is 11.0 Å². The van der Waals surface area contributed by atoms with Crippen molar-refractivity contribution in [3.8, 4) is 22.1 Å². The van der Waals surface area contributed by atoms with E-state index in [2.05, 4.69) is 26.2 Å². The smallest absolute Gasteiger partial charge is 0.196 e. The van der Waals surface area contributed by atoms with Gasteiger partial charge in [-0.25, -0.2) is 0 Å². The van der Waals surface area contributed by atoms with Gasteiger partial charge in [-0.15, -0.1) is 21.5 Å². The molecule has 0 spiro atoms. The van der Waals surface area contributed by atoms with Gasteiger partial charge in [0.2, 0.25) is 0 Å². The summed E-state index contributed by atoms with van der Waals surface area (Å²) in [6.45, 7) is 0.866. The predicted molar refractivity (Wildman–Crippen MR) is 106 cm³/mol. The van der Waals surface area contributed by atoms with Crippen LogP contribution in [0.2, 0.25) is 0 Å². The van der Waals surface area contributed by atoms with Crippen molar-refractivity contribution in [3.05, 3.63) is 41.8 Å². The first kappa shape index (κ1) is 17.6. The number of nitrogens with zero attached hydrogens (tertiary/aromatic N) is 3. The summed E-state index contributed by atoms with van der Waals surface area (Å²) in [5.41, 5.74) is 0.954. The first-order valence-corrected chi connectivity index (χ1v) is 10.6. The van der Waals surface area contributed by atoms with Gasteiger partial charge in [-0.1, -0.05) is 30.0 Å². The Balaban J connectivity index is 1.70. The molecule has 4 rings (SSSR count). The predicted octanol–water partition coefficient (Wildman–Crippen LogP) is 4.67. The van der Waals surface area contributed by atoms with Crippen molar-refractivity contribution in [2.75, 3.05) is 19.5 Å². The summed E-state index contributed by atoms with van der Waals surface area (Å²) in [6, 6.07) is 12.1. The topological polar surface area (TPSA) is 49.2 Å². The molecule has 1 atom stereocenters. The molecule has 7 heteroatoms. The molecule has 1 aromatic carbocycles. The minimum atomic E-state index is 0.293. The molecule has 0 amide bonds. The molecule has 1 aliphatic rings. The number of methoxy groups -OCH3 is 1. The van der Waals surface area contributed by atoms with Crippen LogP contribution in [-0.2, 0) is 4.74 Å². The lowest BCUT2D eigenvalue weighted by Gasteiger charge is -2.22. The van der Waals surface area contributed by atoms with Gasteiger partial charge in [0.05, 0.1) is 23.8 Å². The molecule has 5 nitrogen and oxygen atoms in total.